The molecular weight excluding hydrogens is 442 g/mol. The van der Waals surface area contributed by atoms with Gasteiger partial charge in [0.1, 0.15) is 5.82 Å². The van der Waals surface area contributed by atoms with Crippen LogP contribution in [0.2, 0.25) is 0 Å². The van der Waals surface area contributed by atoms with Crippen molar-refractivity contribution in [1.29, 1.82) is 0 Å². The number of alkyl halides is 3. The Labute approximate surface area is 189 Å². The Morgan fingerprint density at radius 2 is 1.33 bits per heavy atom. The summed E-state index contributed by atoms with van der Waals surface area (Å²) >= 11 is 0. The quantitative estimate of drug-likeness (QED) is 0.306. The van der Waals surface area contributed by atoms with Crippen LogP contribution in [-0.2, 0) is 25.4 Å². The molecule has 3 aromatic rings. The second-order valence-electron chi connectivity index (χ2n) is 7.69. The molecule has 0 radical (unpaired) electrons. The molecule has 0 saturated heterocycles. The molecule has 0 aliphatic heterocycles. The molecule has 0 aliphatic carbocycles. The molecular formula is C26H24F6O. The van der Waals surface area contributed by atoms with E-state index in [2.05, 4.69) is 0 Å². The van der Waals surface area contributed by atoms with Gasteiger partial charge in [0.2, 0.25) is 5.82 Å². The summed E-state index contributed by atoms with van der Waals surface area (Å²) in [6.45, 7) is 3.76. The maximum absolute atomic E-state index is 15.1. The van der Waals surface area contributed by atoms with Gasteiger partial charge in [-0.05, 0) is 54.5 Å². The molecule has 0 amide bonds. The third kappa shape index (κ3) is 5.52. The standard InChI is InChI=1S/C26H24F6O/c1-3-5-16-6-8-17(9-7-16)20-14-12-18(22(24(20)28)26(30,31)32)10-11-19-13-15-21(33-4-2)25(29)23(19)27/h6-9,12-15H,3-5,10-11H2,1-2H3. The lowest BCUT2D eigenvalue weighted by molar-refractivity contribution is -0.140. The van der Waals surface area contributed by atoms with Crippen LogP contribution in [0.15, 0.2) is 48.5 Å². The fourth-order valence-electron chi connectivity index (χ4n) is 3.79. The summed E-state index contributed by atoms with van der Waals surface area (Å²) in [5.74, 6) is -4.02. The number of aryl methyl sites for hydroxylation is 3. The SMILES string of the molecule is CCCc1ccc(-c2ccc(CCc3ccc(OCC)c(F)c3F)c(C(F)(F)F)c2F)cc1. The zero-order chi connectivity index (χ0) is 24.2. The Balaban J connectivity index is 1.93. The van der Waals surface area contributed by atoms with Gasteiger partial charge in [0.05, 0.1) is 12.2 Å². The van der Waals surface area contributed by atoms with Crippen LogP contribution in [0.4, 0.5) is 26.3 Å². The van der Waals surface area contributed by atoms with Crippen molar-refractivity contribution in [2.24, 2.45) is 0 Å². The van der Waals surface area contributed by atoms with E-state index in [4.69, 9.17) is 4.74 Å². The first-order valence-corrected chi connectivity index (χ1v) is 10.7. The van der Waals surface area contributed by atoms with Gasteiger partial charge in [0.25, 0.3) is 0 Å². The molecule has 0 saturated carbocycles. The van der Waals surface area contributed by atoms with Crippen LogP contribution >= 0.6 is 0 Å². The average molecular weight is 466 g/mol. The van der Waals surface area contributed by atoms with Gasteiger partial charge in [0, 0.05) is 5.56 Å². The number of hydrogen-bond acceptors (Lipinski definition) is 1. The fraction of sp³-hybridized carbons (Fsp3) is 0.308. The zero-order valence-electron chi connectivity index (χ0n) is 18.3. The van der Waals surface area contributed by atoms with Gasteiger partial charge >= 0.3 is 6.18 Å². The number of rotatable bonds is 8. The van der Waals surface area contributed by atoms with Crippen molar-refractivity contribution in [2.75, 3.05) is 6.61 Å². The molecule has 0 fully saturated rings. The molecule has 3 rings (SSSR count). The number of halogens is 6. The Morgan fingerprint density at radius 1 is 0.697 bits per heavy atom. The highest BCUT2D eigenvalue weighted by molar-refractivity contribution is 5.66. The van der Waals surface area contributed by atoms with Gasteiger partial charge in [-0.3, -0.25) is 0 Å². The lowest BCUT2D eigenvalue weighted by Crippen LogP contribution is -2.14. The maximum Gasteiger partial charge on any atom is 0.419 e. The largest absolute Gasteiger partial charge is 0.491 e. The summed E-state index contributed by atoms with van der Waals surface area (Å²) in [6.07, 6.45) is -3.76. The van der Waals surface area contributed by atoms with E-state index in [0.717, 1.165) is 18.4 Å². The molecule has 0 spiro atoms. The van der Waals surface area contributed by atoms with Crippen LogP contribution in [0.3, 0.4) is 0 Å². The van der Waals surface area contributed by atoms with Crippen molar-refractivity contribution >= 4 is 0 Å². The molecule has 0 N–H and O–H groups in total. The summed E-state index contributed by atoms with van der Waals surface area (Å²) in [6, 6.07) is 11.7. The summed E-state index contributed by atoms with van der Waals surface area (Å²) < 4.78 is 89.8. The van der Waals surface area contributed by atoms with Crippen molar-refractivity contribution in [3.63, 3.8) is 0 Å². The third-order valence-corrected chi connectivity index (χ3v) is 5.41. The van der Waals surface area contributed by atoms with Crippen LogP contribution in [0, 0.1) is 17.5 Å². The van der Waals surface area contributed by atoms with E-state index in [9.17, 15) is 22.0 Å². The maximum atomic E-state index is 15.1. The van der Waals surface area contributed by atoms with Crippen LogP contribution in [0.1, 0.15) is 42.5 Å². The zero-order valence-corrected chi connectivity index (χ0v) is 18.3. The van der Waals surface area contributed by atoms with Crippen molar-refractivity contribution in [3.8, 4) is 16.9 Å². The predicted octanol–water partition coefficient (Wildman–Crippen LogP) is 7.93. The molecule has 0 atom stereocenters. The average Bonchev–Trinajstić information content (AvgIpc) is 2.76. The molecule has 0 aliphatic rings. The molecule has 0 aromatic heterocycles. The molecule has 176 valence electrons. The minimum absolute atomic E-state index is 0.111. The van der Waals surface area contributed by atoms with Crippen molar-refractivity contribution in [3.05, 3.63) is 88.2 Å². The third-order valence-electron chi connectivity index (χ3n) is 5.41. The molecule has 3 aromatic carbocycles. The normalized spacial score (nSPS) is 11.6. The van der Waals surface area contributed by atoms with Crippen molar-refractivity contribution < 1.29 is 31.1 Å². The van der Waals surface area contributed by atoms with Crippen LogP contribution in [0.5, 0.6) is 5.75 Å². The summed E-state index contributed by atoms with van der Waals surface area (Å²) in [5.41, 5.74) is -0.625. The second-order valence-corrected chi connectivity index (χ2v) is 7.69. The molecule has 0 bridgehead atoms. The van der Waals surface area contributed by atoms with E-state index in [0.29, 0.717) is 5.56 Å². The fourth-order valence-corrected chi connectivity index (χ4v) is 3.79. The minimum atomic E-state index is -4.94. The minimum Gasteiger partial charge on any atom is -0.491 e. The van der Waals surface area contributed by atoms with Crippen LogP contribution in [0.25, 0.3) is 11.1 Å². The lowest BCUT2D eigenvalue weighted by atomic mass is 9.93. The van der Waals surface area contributed by atoms with E-state index in [1.54, 1.807) is 31.2 Å². The molecule has 7 heteroatoms. The van der Waals surface area contributed by atoms with Crippen molar-refractivity contribution in [1.82, 2.24) is 0 Å². The highest BCUT2D eigenvalue weighted by Crippen LogP contribution is 2.39. The first-order chi connectivity index (χ1) is 15.7. The molecule has 1 nitrogen and oxygen atoms in total. The van der Waals surface area contributed by atoms with Crippen LogP contribution in [-0.4, -0.2) is 6.61 Å². The van der Waals surface area contributed by atoms with E-state index in [1.165, 1.54) is 24.3 Å². The first kappa shape index (κ1) is 24.7. The predicted molar refractivity (Wildman–Crippen MR) is 116 cm³/mol. The number of benzene rings is 3. The van der Waals surface area contributed by atoms with Crippen molar-refractivity contribution in [2.45, 2.75) is 45.7 Å². The van der Waals surface area contributed by atoms with Gasteiger partial charge < -0.3 is 4.74 Å². The van der Waals surface area contributed by atoms with E-state index in [-0.39, 0.29) is 41.9 Å². The molecule has 33 heavy (non-hydrogen) atoms. The van der Waals surface area contributed by atoms with Crippen LogP contribution < -0.4 is 4.74 Å². The summed E-state index contributed by atoms with van der Waals surface area (Å²) in [4.78, 5) is 0. The highest BCUT2D eigenvalue weighted by atomic mass is 19.4. The Hall–Kier alpha value is -2.96. The Morgan fingerprint density at radius 3 is 1.94 bits per heavy atom. The van der Waals surface area contributed by atoms with Gasteiger partial charge in [-0.1, -0.05) is 55.8 Å². The molecule has 0 heterocycles. The Bertz CT molecular complexity index is 1100. The number of ether oxygens (including phenoxy) is 1. The van der Waals surface area contributed by atoms with Gasteiger partial charge in [0.15, 0.2) is 11.6 Å². The molecule has 0 unspecified atom stereocenters. The number of hydrogen-bond donors (Lipinski definition) is 0. The smallest absolute Gasteiger partial charge is 0.419 e. The summed E-state index contributed by atoms with van der Waals surface area (Å²) in [5, 5.41) is 0. The van der Waals surface area contributed by atoms with E-state index >= 15 is 4.39 Å². The van der Waals surface area contributed by atoms with Gasteiger partial charge in [-0.2, -0.15) is 17.6 Å². The highest BCUT2D eigenvalue weighted by Gasteiger charge is 2.38. The van der Waals surface area contributed by atoms with Gasteiger partial charge in [-0.15, -0.1) is 0 Å². The Kier molecular flexibility index (Phi) is 7.72. The van der Waals surface area contributed by atoms with Gasteiger partial charge in [-0.25, -0.2) is 8.78 Å². The monoisotopic (exact) mass is 466 g/mol. The van der Waals surface area contributed by atoms with E-state index in [1.807, 2.05) is 6.92 Å². The second kappa shape index (κ2) is 10.3. The lowest BCUT2D eigenvalue weighted by Gasteiger charge is -2.17. The first-order valence-electron chi connectivity index (χ1n) is 10.7. The topological polar surface area (TPSA) is 9.23 Å². The van der Waals surface area contributed by atoms with E-state index < -0.39 is 29.2 Å². The summed E-state index contributed by atoms with van der Waals surface area (Å²) in [7, 11) is 0.